The highest BCUT2D eigenvalue weighted by molar-refractivity contribution is 5.86. The van der Waals surface area contributed by atoms with E-state index in [0.29, 0.717) is 17.2 Å². The van der Waals surface area contributed by atoms with E-state index in [1.54, 1.807) is 0 Å². The molecular formula is C23H23F3N2O. The number of hydrogen-bond donors (Lipinski definition) is 0. The fourth-order valence-corrected chi connectivity index (χ4v) is 3.75. The molecule has 0 aliphatic carbocycles. The lowest BCUT2D eigenvalue weighted by atomic mass is 10.0. The average molecular weight is 400 g/mol. The molecule has 0 spiro atoms. The zero-order valence-electron chi connectivity index (χ0n) is 16.2. The van der Waals surface area contributed by atoms with E-state index in [1.807, 2.05) is 30.3 Å². The number of nitrogens with zero attached hydrogens (tertiary/aromatic N) is 2. The molecule has 29 heavy (non-hydrogen) atoms. The second kappa shape index (κ2) is 7.93. The molecule has 1 aromatic heterocycles. The van der Waals surface area contributed by atoms with Gasteiger partial charge in [-0.2, -0.15) is 13.2 Å². The summed E-state index contributed by atoms with van der Waals surface area (Å²) < 4.78 is 44.1. The molecule has 1 saturated heterocycles. The summed E-state index contributed by atoms with van der Waals surface area (Å²) in [5, 5.41) is 0.976. The predicted molar refractivity (Wildman–Crippen MR) is 108 cm³/mol. The molecule has 1 aliphatic heterocycles. The Morgan fingerprint density at radius 3 is 2.59 bits per heavy atom. The summed E-state index contributed by atoms with van der Waals surface area (Å²) in [7, 11) is 0. The van der Waals surface area contributed by atoms with Crippen LogP contribution in [0.5, 0.6) is 5.75 Å². The highest BCUT2D eigenvalue weighted by Gasteiger charge is 2.29. The molecule has 0 bridgehead atoms. The normalized spacial score (nSPS) is 17.5. The molecule has 1 aliphatic rings. The molecule has 3 nitrogen and oxygen atoms in total. The Balaban J connectivity index is 1.54. The largest absolute Gasteiger partial charge is 0.487 e. The third-order valence-corrected chi connectivity index (χ3v) is 5.33. The Kier molecular flexibility index (Phi) is 5.35. The van der Waals surface area contributed by atoms with E-state index in [9.17, 15) is 13.2 Å². The van der Waals surface area contributed by atoms with Gasteiger partial charge in [-0.25, -0.2) is 4.98 Å². The summed E-state index contributed by atoms with van der Waals surface area (Å²) in [5.74, 6) is 2.22. The van der Waals surface area contributed by atoms with E-state index in [2.05, 4.69) is 11.8 Å². The Bertz CT molecular complexity index is 986. The molecule has 0 unspecified atom stereocenters. The van der Waals surface area contributed by atoms with Crippen LogP contribution in [0.4, 0.5) is 19.0 Å². The second-order valence-corrected chi connectivity index (χ2v) is 7.67. The van der Waals surface area contributed by atoms with Crippen LogP contribution in [-0.2, 0) is 12.8 Å². The van der Waals surface area contributed by atoms with Gasteiger partial charge in [0.15, 0.2) is 0 Å². The summed E-state index contributed by atoms with van der Waals surface area (Å²) in [6, 6.07) is 14.9. The van der Waals surface area contributed by atoms with Gasteiger partial charge in [0.2, 0.25) is 0 Å². The quantitative estimate of drug-likeness (QED) is 0.532. The lowest BCUT2D eigenvalue weighted by Gasteiger charge is -2.32. The zero-order valence-corrected chi connectivity index (χ0v) is 16.2. The lowest BCUT2D eigenvalue weighted by Crippen LogP contribution is -2.34. The molecule has 0 N–H and O–H groups in total. The number of aromatic nitrogens is 1. The number of piperidine rings is 1. The van der Waals surface area contributed by atoms with Crippen LogP contribution in [0.15, 0.2) is 54.6 Å². The van der Waals surface area contributed by atoms with Gasteiger partial charge in [-0.15, -0.1) is 0 Å². The molecular weight excluding hydrogens is 377 g/mol. The number of pyridine rings is 1. The Labute approximate surface area is 168 Å². The van der Waals surface area contributed by atoms with Gasteiger partial charge in [-0.3, -0.25) is 0 Å². The minimum atomic E-state index is -4.33. The van der Waals surface area contributed by atoms with Gasteiger partial charge in [0.05, 0.1) is 5.56 Å². The summed E-state index contributed by atoms with van der Waals surface area (Å²) in [6.07, 6.45) is -1.93. The van der Waals surface area contributed by atoms with Crippen LogP contribution in [-0.4, -0.2) is 18.1 Å². The van der Waals surface area contributed by atoms with Crippen molar-refractivity contribution in [2.24, 2.45) is 5.92 Å². The fraction of sp³-hybridized carbons (Fsp3) is 0.348. The van der Waals surface area contributed by atoms with Crippen LogP contribution >= 0.6 is 0 Å². The summed E-state index contributed by atoms with van der Waals surface area (Å²) in [5.41, 5.74) is 0.791. The topological polar surface area (TPSA) is 25.4 Å². The second-order valence-electron chi connectivity index (χ2n) is 7.67. The minimum Gasteiger partial charge on any atom is -0.487 e. The first-order chi connectivity index (χ1) is 13.9. The zero-order chi connectivity index (χ0) is 20.4. The van der Waals surface area contributed by atoms with Crippen LogP contribution in [0.25, 0.3) is 10.9 Å². The first-order valence-electron chi connectivity index (χ1n) is 9.84. The number of ether oxygens (including phenoxy) is 1. The van der Waals surface area contributed by atoms with E-state index in [0.717, 1.165) is 48.4 Å². The smallest absolute Gasteiger partial charge is 0.416 e. The van der Waals surface area contributed by atoms with Crippen LogP contribution in [0.2, 0.25) is 0 Å². The van der Waals surface area contributed by atoms with Gasteiger partial charge in [0.25, 0.3) is 0 Å². The van der Waals surface area contributed by atoms with Crippen molar-refractivity contribution in [1.82, 2.24) is 4.98 Å². The number of benzene rings is 2. The molecule has 6 heteroatoms. The molecule has 4 rings (SSSR count). The van der Waals surface area contributed by atoms with Crippen molar-refractivity contribution in [2.75, 3.05) is 18.0 Å². The molecule has 1 atom stereocenters. The summed E-state index contributed by atoms with van der Waals surface area (Å²) >= 11 is 0. The molecule has 0 amide bonds. The molecule has 2 aromatic carbocycles. The summed E-state index contributed by atoms with van der Waals surface area (Å²) in [6.45, 7) is 4.43. The maximum absolute atomic E-state index is 12.7. The third-order valence-electron chi connectivity index (χ3n) is 5.33. The molecule has 1 fully saturated rings. The molecule has 0 radical (unpaired) electrons. The Morgan fingerprint density at radius 1 is 1.07 bits per heavy atom. The van der Waals surface area contributed by atoms with Crippen molar-refractivity contribution in [3.05, 3.63) is 65.7 Å². The maximum Gasteiger partial charge on any atom is 0.416 e. The van der Waals surface area contributed by atoms with E-state index < -0.39 is 11.7 Å². The van der Waals surface area contributed by atoms with Gasteiger partial charge in [-0.05, 0) is 54.7 Å². The van der Waals surface area contributed by atoms with Gasteiger partial charge >= 0.3 is 6.18 Å². The van der Waals surface area contributed by atoms with Crippen LogP contribution < -0.4 is 9.64 Å². The van der Waals surface area contributed by atoms with Gasteiger partial charge in [0.1, 0.15) is 23.7 Å². The standard InChI is InChI=1S/C23H23F3N2O/c1-16-4-3-13-28(14-16)21-12-9-18-5-2-6-20(22(18)27-21)29-15-17-7-10-19(11-8-17)23(24,25)26/h2,5-12,16H,3-4,13-15H2,1H3/t16-/m0/s1. The van der Waals surface area contributed by atoms with Crippen LogP contribution in [0.3, 0.4) is 0 Å². The molecule has 0 saturated carbocycles. The van der Waals surface area contributed by atoms with Crippen molar-refractivity contribution in [3.8, 4) is 5.75 Å². The van der Waals surface area contributed by atoms with Gasteiger partial charge in [0, 0.05) is 18.5 Å². The number of para-hydroxylation sites is 1. The van der Waals surface area contributed by atoms with E-state index in [1.165, 1.54) is 18.6 Å². The highest BCUT2D eigenvalue weighted by atomic mass is 19.4. The van der Waals surface area contributed by atoms with Crippen LogP contribution in [0.1, 0.15) is 30.9 Å². The van der Waals surface area contributed by atoms with Crippen molar-refractivity contribution >= 4 is 16.7 Å². The lowest BCUT2D eigenvalue weighted by molar-refractivity contribution is -0.137. The first kappa shape index (κ1) is 19.6. The number of fused-ring (bicyclic) bond motifs is 1. The Hall–Kier alpha value is -2.76. The highest BCUT2D eigenvalue weighted by Crippen LogP contribution is 2.31. The number of anilines is 1. The van der Waals surface area contributed by atoms with Crippen molar-refractivity contribution in [2.45, 2.75) is 32.5 Å². The van der Waals surface area contributed by atoms with Crippen molar-refractivity contribution < 1.29 is 17.9 Å². The number of hydrogen-bond acceptors (Lipinski definition) is 3. The number of halogens is 3. The Morgan fingerprint density at radius 2 is 1.86 bits per heavy atom. The van der Waals surface area contributed by atoms with E-state index in [4.69, 9.17) is 9.72 Å². The first-order valence-corrected chi connectivity index (χ1v) is 9.84. The number of rotatable bonds is 4. The van der Waals surface area contributed by atoms with E-state index in [-0.39, 0.29) is 6.61 Å². The maximum atomic E-state index is 12.7. The minimum absolute atomic E-state index is 0.184. The monoisotopic (exact) mass is 400 g/mol. The number of alkyl halides is 3. The SMILES string of the molecule is C[C@H]1CCCN(c2ccc3cccc(OCc4ccc(C(F)(F)F)cc4)c3n2)C1. The van der Waals surface area contributed by atoms with Crippen LogP contribution in [0, 0.1) is 5.92 Å². The summed E-state index contributed by atoms with van der Waals surface area (Å²) in [4.78, 5) is 7.15. The van der Waals surface area contributed by atoms with Crippen molar-refractivity contribution in [3.63, 3.8) is 0 Å². The molecule has 3 aromatic rings. The molecule has 152 valence electrons. The van der Waals surface area contributed by atoms with Gasteiger partial charge < -0.3 is 9.64 Å². The average Bonchev–Trinajstić information content (AvgIpc) is 2.71. The van der Waals surface area contributed by atoms with E-state index >= 15 is 0 Å². The fourth-order valence-electron chi connectivity index (χ4n) is 3.75. The van der Waals surface area contributed by atoms with Crippen molar-refractivity contribution in [1.29, 1.82) is 0 Å². The third kappa shape index (κ3) is 4.47. The van der Waals surface area contributed by atoms with Gasteiger partial charge in [-0.1, -0.05) is 31.2 Å². The molecule has 2 heterocycles. The predicted octanol–water partition coefficient (Wildman–Crippen LogP) is 6.07.